The minimum Gasteiger partial charge on any atom is -0.383 e. The Morgan fingerprint density at radius 3 is 2.82 bits per heavy atom. The second kappa shape index (κ2) is 6.60. The molecule has 0 saturated carbocycles. The number of rotatable bonds is 4. The number of carbonyl (C=O) groups is 1. The summed E-state index contributed by atoms with van der Waals surface area (Å²) < 4.78 is 5.73. The highest BCUT2D eigenvalue weighted by Gasteiger charge is 1.93. The zero-order valence-electron chi connectivity index (χ0n) is 6.69. The van der Waals surface area contributed by atoms with Gasteiger partial charge in [0, 0.05) is 19.7 Å². The van der Waals surface area contributed by atoms with Gasteiger partial charge in [0.05, 0.1) is 6.61 Å². The van der Waals surface area contributed by atoms with Crippen molar-refractivity contribution in [2.24, 2.45) is 0 Å². The van der Waals surface area contributed by atoms with Gasteiger partial charge in [-0.25, -0.2) is 0 Å². The molecule has 3 nitrogen and oxygen atoms in total. The van der Waals surface area contributed by atoms with Crippen molar-refractivity contribution in [3.63, 3.8) is 0 Å². The molecule has 4 heteroatoms. The van der Waals surface area contributed by atoms with Gasteiger partial charge in [-0.2, -0.15) is 0 Å². The molecule has 0 rings (SSSR count). The molecule has 0 radical (unpaired) electrons. The maximum Gasteiger partial charge on any atom is 0.244 e. The maximum absolute atomic E-state index is 10.9. The van der Waals surface area contributed by atoms with Gasteiger partial charge in [-0.3, -0.25) is 4.79 Å². The summed E-state index contributed by atoms with van der Waals surface area (Å²) in [6.07, 6.45) is 1.55. The highest BCUT2D eigenvalue weighted by atomic mass is 127. The van der Waals surface area contributed by atoms with Crippen molar-refractivity contribution in [2.45, 2.75) is 6.92 Å². The van der Waals surface area contributed by atoms with Gasteiger partial charge in [0.25, 0.3) is 0 Å². The molecule has 11 heavy (non-hydrogen) atoms. The molecular formula is C7H12INO2. The van der Waals surface area contributed by atoms with Gasteiger partial charge >= 0.3 is 0 Å². The quantitative estimate of drug-likeness (QED) is 0.471. The Labute approximate surface area is 80.3 Å². The van der Waals surface area contributed by atoms with Crippen LogP contribution in [0.2, 0.25) is 0 Å². The van der Waals surface area contributed by atoms with E-state index in [-0.39, 0.29) is 5.91 Å². The number of methoxy groups -OCH3 is 1. The largest absolute Gasteiger partial charge is 0.383 e. The van der Waals surface area contributed by atoms with E-state index >= 15 is 0 Å². The molecule has 0 aromatic carbocycles. The number of halogens is 1. The van der Waals surface area contributed by atoms with E-state index in [4.69, 9.17) is 4.74 Å². The Hall–Kier alpha value is -0.100. The van der Waals surface area contributed by atoms with Crippen molar-refractivity contribution in [3.05, 3.63) is 9.66 Å². The fraction of sp³-hybridized carbons (Fsp3) is 0.571. The van der Waals surface area contributed by atoms with Crippen molar-refractivity contribution in [1.82, 2.24) is 5.32 Å². The summed E-state index contributed by atoms with van der Waals surface area (Å²) in [6.45, 7) is 2.99. The lowest BCUT2D eigenvalue weighted by molar-refractivity contribution is -0.116. The molecule has 0 aliphatic heterocycles. The van der Waals surface area contributed by atoms with E-state index in [9.17, 15) is 4.79 Å². The van der Waals surface area contributed by atoms with E-state index in [0.717, 1.165) is 3.58 Å². The Morgan fingerprint density at radius 1 is 1.73 bits per heavy atom. The molecule has 0 bridgehead atoms. The van der Waals surface area contributed by atoms with Gasteiger partial charge in [0.15, 0.2) is 0 Å². The van der Waals surface area contributed by atoms with Crippen molar-refractivity contribution in [1.29, 1.82) is 0 Å². The minimum atomic E-state index is -0.0612. The van der Waals surface area contributed by atoms with Gasteiger partial charge in [-0.05, 0) is 33.1 Å². The van der Waals surface area contributed by atoms with Crippen LogP contribution in [0, 0.1) is 0 Å². The third-order valence-electron chi connectivity index (χ3n) is 0.935. The maximum atomic E-state index is 10.9. The first-order chi connectivity index (χ1) is 5.16. The average molecular weight is 269 g/mol. The van der Waals surface area contributed by atoms with E-state index in [1.807, 2.05) is 6.92 Å². The Bertz CT molecular complexity index is 153. The molecule has 64 valence electrons. The van der Waals surface area contributed by atoms with E-state index in [2.05, 4.69) is 27.9 Å². The van der Waals surface area contributed by atoms with Crippen LogP contribution in [0.3, 0.4) is 0 Å². The van der Waals surface area contributed by atoms with Crippen LogP contribution < -0.4 is 5.32 Å². The normalized spacial score (nSPS) is 11.4. The molecule has 0 unspecified atom stereocenters. The van der Waals surface area contributed by atoms with E-state index in [1.54, 1.807) is 13.2 Å². The van der Waals surface area contributed by atoms with E-state index in [0.29, 0.717) is 13.2 Å². The molecule has 0 atom stereocenters. The lowest BCUT2D eigenvalue weighted by atomic mass is 10.5. The van der Waals surface area contributed by atoms with Gasteiger partial charge in [-0.1, -0.05) is 0 Å². The lowest BCUT2D eigenvalue weighted by Gasteiger charge is -1.99. The van der Waals surface area contributed by atoms with Crippen molar-refractivity contribution in [2.75, 3.05) is 20.3 Å². The summed E-state index contributed by atoms with van der Waals surface area (Å²) in [5.41, 5.74) is 0. The van der Waals surface area contributed by atoms with Crippen LogP contribution in [0.25, 0.3) is 0 Å². The Morgan fingerprint density at radius 2 is 2.36 bits per heavy atom. The number of hydrogen-bond acceptors (Lipinski definition) is 2. The summed E-state index contributed by atoms with van der Waals surface area (Å²) in [5.74, 6) is -0.0612. The number of ether oxygens (including phenoxy) is 1. The molecule has 1 N–H and O–H groups in total. The van der Waals surface area contributed by atoms with Crippen LogP contribution in [0.15, 0.2) is 9.66 Å². The van der Waals surface area contributed by atoms with Crippen LogP contribution in [0.4, 0.5) is 0 Å². The summed E-state index contributed by atoms with van der Waals surface area (Å²) in [5, 5.41) is 2.67. The molecule has 0 saturated heterocycles. The smallest absolute Gasteiger partial charge is 0.244 e. The van der Waals surface area contributed by atoms with Crippen LogP contribution in [0.5, 0.6) is 0 Å². The second-order valence-corrected chi connectivity index (χ2v) is 3.72. The number of hydrogen-bond donors (Lipinski definition) is 1. The van der Waals surface area contributed by atoms with Crippen molar-refractivity contribution >= 4 is 28.5 Å². The predicted octanol–water partition coefficient (Wildman–Crippen LogP) is 1.09. The number of carbonyl (C=O) groups excluding carboxylic acids is 1. The second-order valence-electron chi connectivity index (χ2n) is 2.01. The Balaban J connectivity index is 3.46. The highest BCUT2D eigenvalue weighted by molar-refractivity contribution is 14.1. The lowest BCUT2D eigenvalue weighted by Crippen LogP contribution is -2.25. The molecular weight excluding hydrogens is 257 g/mol. The third kappa shape index (κ3) is 7.80. The average Bonchev–Trinajstić information content (AvgIpc) is 1.86. The molecule has 0 aliphatic carbocycles. The number of allylic oxidation sites excluding steroid dienone is 1. The summed E-state index contributed by atoms with van der Waals surface area (Å²) in [7, 11) is 1.60. The fourth-order valence-electron chi connectivity index (χ4n) is 0.508. The first-order valence-electron chi connectivity index (χ1n) is 3.27. The first kappa shape index (κ1) is 10.9. The van der Waals surface area contributed by atoms with Crippen LogP contribution in [-0.4, -0.2) is 26.2 Å². The monoisotopic (exact) mass is 269 g/mol. The first-order valence-corrected chi connectivity index (χ1v) is 4.35. The molecule has 0 aromatic rings. The molecule has 0 fully saturated rings. The van der Waals surface area contributed by atoms with Gasteiger partial charge < -0.3 is 10.1 Å². The minimum absolute atomic E-state index is 0.0612. The van der Waals surface area contributed by atoms with Crippen molar-refractivity contribution in [3.8, 4) is 0 Å². The van der Waals surface area contributed by atoms with Crippen LogP contribution in [-0.2, 0) is 9.53 Å². The summed E-state index contributed by atoms with van der Waals surface area (Å²) in [4.78, 5) is 10.9. The predicted molar refractivity (Wildman–Crippen MR) is 52.7 cm³/mol. The highest BCUT2D eigenvalue weighted by Crippen LogP contribution is 2.01. The van der Waals surface area contributed by atoms with Crippen LogP contribution in [0.1, 0.15) is 6.92 Å². The molecule has 0 aliphatic rings. The molecule has 0 spiro atoms. The van der Waals surface area contributed by atoms with Gasteiger partial charge in [-0.15, -0.1) is 0 Å². The topological polar surface area (TPSA) is 38.3 Å². The number of nitrogens with one attached hydrogen (secondary N) is 1. The van der Waals surface area contributed by atoms with Gasteiger partial charge in [0.2, 0.25) is 5.91 Å². The molecule has 0 heterocycles. The zero-order valence-corrected chi connectivity index (χ0v) is 8.84. The summed E-state index contributed by atoms with van der Waals surface area (Å²) >= 11 is 2.09. The zero-order chi connectivity index (χ0) is 8.69. The fourth-order valence-corrected chi connectivity index (χ4v) is 0.791. The van der Waals surface area contributed by atoms with Crippen molar-refractivity contribution < 1.29 is 9.53 Å². The Kier molecular flexibility index (Phi) is 6.54. The van der Waals surface area contributed by atoms with E-state index < -0.39 is 0 Å². The van der Waals surface area contributed by atoms with E-state index in [1.165, 1.54) is 0 Å². The standard InChI is InChI=1S/C7H12INO2/c1-6(8)5-7(10)9-3-4-11-2/h5H,3-4H2,1-2H3,(H,9,10)/b6-5-. The molecule has 1 amide bonds. The summed E-state index contributed by atoms with van der Waals surface area (Å²) in [6, 6.07) is 0. The van der Waals surface area contributed by atoms with Gasteiger partial charge in [0.1, 0.15) is 0 Å². The SMILES string of the molecule is COCCNC(=O)/C=C(/C)I. The molecule has 0 aromatic heterocycles. The van der Waals surface area contributed by atoms with Crippen LogP contribution >= 0.6 is 22.6 Å². The number of amides is 1. The third-order valence-corrected chi connectivity index (χ3v) is 1.25.